The fraction of sp³-hybridized carbons (Fsp3) is 0.167. The van der Waals surface area contributed by atoms with Crippen molar-refractivity contribution in [2.24, 2.45) is 0 Å². The second kappa shape index (κ2) is 1.76. The first-order chi connectivity index (χ1) is 4.86. The molecule has 0 saturated heterocycles. The van der Waals surface area contributed by atoms with Gasteiger partial charge in [-0.3, -0.25) is 0 Å². The van der Waals surface area contributed by atoms with Crippen LogP contribution in [0.25, 0.3) is 5.78 Å². The summed E-state index contributed by atoms with van der Waals surface area (Å²) in [5, 5.41) is 4.02. The maximum absolute atomic E-state index is 4.03. The highest BCUT2D eigenvalue weighted by molar-refractivity contribution is 5.23. The Morgan fingerprint density at radius 3 is 3.30 bits per heavy atom. The Morgan fingerprint density at radius 1 is 1.60 bits per heavy atom. The summed E-state index contributed by atoms with van der Waals surface area (Å²) >= 11 is 0. The van der Waals surface area contributed by atoms with Crippen molar-refractivity contribution < 1.29 is 0 Å². The van der Waals surface area contributed by atoms with E-state index >= 15 is 0 Å². The monoisotopic (exact) mass is 133 g/mol. The van der Waals surface area contributed by atoms with Crippen LogP contribution < -0.4 is 0 Å². The molecule has 0 spiro atoms. The van der Waals surface area contributed by atoms with Crippen LogP contribution in [-0.4, -0.2) is 19.6 Å². The molecule has 0 N–H and O–H groups in total. The number of nitrogens with zero attached hydrogens (tertiary/aromatic N) is 4. The molecule has 10 heavy (non-hydrogen) atoms. The number of hydrogen-bond donors (Lipinski definition) is 0. The van der Waals surface area contributed by atoms with E-state index in [4.69, 9.17) is 0 Å². The third kappa shape index (κ3) is 0.655. The lowest BCUT2D eigenvalue weighted by Crippen LogP contribution is -1.87. The summed E-state index contributed by atoms with van der Waals surface area (Å²) in [4.78, 5) is 7.97. The van der Waals surface area contributed by atoms with Crippen LogP contribution in [0.1, 0.15) is 5.82 Å². The van der Waals surface area contributed by atoms with Crippen LogP contribution >= 0.6 is 0 Å². The van der Waals surface area contributed by atoms with Crippen molar-refractivity contribution in [1.82, 2.24) is 19.6 Å². The molecule has 2 aromatic heterocycles. The van der Waals surface area contributed by atoms with E-state index in [0.717, 1.165) is 5.82 Å². The third-order valence-electron chi connectivity index (χ3n) is 1.17. The molecule has 2 heterocycles. The third-order valence-corrected chi connectivity index (χ3v) is 1.17. The molecule has 0 aliphatic rings. The normalized spacial score (nSPS) is 10.5. The van der Waals surface area contributed by atoms with Crippen molar-refractivity contribution >= 4 is 5.78 Å². The molecule has 0 aliphatic carbocycles. The summed E-state index contributed by atoms with van der Waals surface area (Å²) in [6.45, 7) is 1.83. The van der Waals surface area contributed by atoms with Gasteiger partial charge in [0.25, 0.3) is 5.78 Å². The highest BCUT2D eigenvalue weighted by atomic mass is 15.3. The summed E-state index contributed by atoms with van der Waals surface area (Å²) in [6, 6.07) is 2.80. The lowest BCUT2D eigenvalue weighted by molar-refractivity contribution is 0.914. The molecule has 2 aromatic rings. The van der Waals surface area contributed by atoms with Gasteiger partial charge < -0.3 is 0 Å². The maximum Gasteiger partial charge on any atom is 0.252 e. The molecule has 0 bridgehead atoms. The Labute approximate surface area is 57.5 Å². The topological polar surface area (TPSA) is 43.1 Å². The second-order valence-electron chi connectivity index (χ2n) is 1.96. The van der Waals surface area contributed by atoms with Gasteiger partial charge in [0.15, 0.2) is 0 Å². The van der Waals surface area contributed by atoms with E-state index < -0.39 is 0 Å². The quantitative estimate of drug-likeness (QED) is 0.516. The summed E-state index contributed by atoms with van der Waals surface area (Å²) in [5.41, 5.74) is 0. The van der Waals surface area contributed by atoms with E-state index in [1.54, 1.807) is 16.9 Å². The van der Waals surface area contributed by atoms with Crippen molar-refractivity contribution in [3.05, 3.63) is 24.3 Å². The van der Waals surface area contributed by atoms with E-state index in [0.29, 0.717) is 5.78 Å². The number of hydrogen-bond acceptors (Lipinski definition) is 3. The molecular formula is C6H5N4. The average molecular weight is 133 g/mol. The van der Waals surface area contributed by atoms with Crippen LogP contribution in [0.4, 0.5) is 0 Å². The molecule has 1 radical (unpaired) electrons. The van der Waals surface area contributed by atoms with Gasteiger partial charge in [0.05, 0.1) is 0 Å². The summed E-state index contributed by atoms with van der Waals surface area (Å²) < 4.78 is 1.59. The number of fused-ring (bicyclic) bond motifs is 1. The Morgan fingerprint density at radius 2 is 2.50 bits per heavy atom. The number of rotatable bonds is 0. The molecule has 0 amide bonds. The van der Waals surface area contributed by atoms with E-state index in [2.05, 4.69) is 21.1 Å². The molecule has 0 fully saturated rings. The Kier molecular flexibility index (Phi) is 0.943. The van der Waals surface area contributed by atoms with Gasteiger partial charge in [-0.2, -0.15) is 10.1 Å². The standard InChI is InChI=1S/C6H5N4/c1-5-8-6-7-3-2-4-10(6)9-5/h3-4H,1H3. The Balaban J connectivity index is 2.88. The SMILES string of the molecule is Cc1nc2nc[c]cn2n1. The number of aryl methyl sites for hydroxylation is 1. The minimum atomic E-state index is 0.622. The zero-order valence-corrected chi connectivity index (χ0v) is 5.44. The van der Waals surface area contributed by atoms with Crippen LogP contribution in [0.2, 0.25) is 0 Å². The fourth-order valence-corrected chi connectivity index (χ4v) is 0.793. The van der Waals surface area contributed by atoms with Gasteiger partial charge in [-0.25, -0.2) is 9.50 Å². The summed E-state index contributed by atoms with van der Waals surface area (Å²) in [6.07, 6.45) is 3.27. The molecule has 4 nitrogen and oxygen atoms in total. The van der Waals surface area contributed by atoms with Gasteiger partial charge in [0.1, 0.15) is 5.82 Å². The van der Waals surface area contributed by atoms with E-state index in [9.17, 15) is 0 Å². The molecule has 4 heteroatoms. The lowest BCUT2D eigenvalue weighted by Gasteiger charge is -1.83. The van der Waals surface area contributed by atoms with E-state index in [1.165, 1.54) is 0 Å². The van der Waals surface area contributed by atoms with Crippen LogP contribution in [0.3, 0.4) is 0 Å². The first-order valence-electron chi connectivity index (χ1n) is 2.91. The van der Waals surface area contributed by atoms with Crippen molar-refractivity contribution in [2.75, 3.05) is 0 Å². The highest BCUT2D eigenvalue weighted by Crippen LogP contribution is 1.92. The molecule has 0 saturated carbocycles. The zero-order chi connectivity index (χ0) is 6.97. The predicted molar refractivity (Wildman–Crippen MR) is 34.4 cm³/mol. The maximum atomic E-state index is 4.03. The first kappa shape index (κ1) is 5.34. The van der Waals surface area contributed by atoms with Crippen LogP contribution in [0, 0.1) is 13.0 Å². The number of aromatic nitrogens is 4. The van der Waals surface area contributed by atoms with Crippen molar-refractivity contribution in [1.29, 1.82) is 0 Å². The Hall–Kier alpha value is -1.45. The largest absolute Gasteiger partial charge is 0.252 e. The van der Waals surface area contributed by atoms with Crippen molar-refractivity contribution in [2.45, 2.75) is 6.92 Å². The van der Waals surface area contributed by atoms with Crippen LogP contribution in [0.5, 0.6) is 0 Å². The minimum Gasteiger partial charge on any atom is -0.219 e. The van der Waals surface area contributed by atoms with Crippen LogP contribution in [-0.2, 0) is 0 Å². The van der Waals surface area contributed by atoms with Crippen LogP contribution in [0.15, 0.2) is 12.4 Å². The molecule has 0 atom stereocenters. The first-order valence-corrected chi connectivity index (χ1v) is 2.91. The molecule has 2 rings (SSSR count). The minimum absolute atomic E-state index is 0.622. The smallest absolute Gasteiger partial charge is 0.219 e. The van der Waals surface area contributed by atoms with E-state index in [1.807, 2.05) is 6.92 Å². The fourth-order valence-electron chi connectivity index (χ4n) is 0.793. The molecule has 0 unspecified atom stereocenters. The summed E-state index contributed by atoms with van der Waals surface area (Å²) in [7, 11) is 0. The second-order valence-corrected chi connectivity index (χ2v) is 1.96. The van der Waals surface area contributed by atoms with Crippen molar-refractivity contribution in [3.8, 4) is 0 Å². The molecule has 49 valence electrons. The molecular weight excluding hydrogens is 128 g/mol. The van der Waals surface area contributed by atoms with Gasteiger partial charge in [0.2, 0.25) is 0 Å². The van der Waals surface area contributed by atoms with Gasteiger partial charge in [-0.1, -0.05) is 0 Å². The molecule has 0 aromatic carbocycles. The zero-order valence-electron chi connectivity index (χ0n) is 5.44. The van der Waals surface area contributed by atoms with Gasteiger partial charge in [0, 0.05) is 18.5 Å². The predicted octanol–water partition coefficient (Wildman–Crippen LogP) is 0.233. The van der Waals surface area contributed by atoms with Gasteiger partial charge in [-0.05, 0) is 6.92 Å². The average Bonchev–Trinajstić information content (AvgIpc) is 2.27. The van der Waals surface area contributed by atoms with Gasteiger partial charge in [-0.15, -0.1) is 0 Å². The molecule has 0 aliphatic heterocycles. The van der Waals surface area contributed by atoms with Gasteiger partial charge >= 0.3 is 0 Å². The lowest BCUT2D eigenvalue weighted by atomic mass is 10.7. The van der Waals surface area contributed by atoms with E-state index in [-0.39, 0.29) is 0 Å². The summed E-state index contributed by atoms with van der Waals surface area (Å²) in [5.74, 6) is 1.35. The Bertz CT molecular complexity index is 318. The highest BCUT2D eigenvalue weighted by Gasteiger charge is 1.95. The van der Waals surface area contributed by atoms with Crippen molar-refractivity contribution in [3.63, 3.8) is 0 Å².